The van der Waals surface area contributed by atoms with Gasteiger partial charge in [0.05, 0.1) is 4.90 Å². The minimum atomic E-state index is -3.73. The second-order valence-corrected chi connectivity index (χ2v) is 7.49. The Morgan fingerprint density at radius 3 is 2.27 bits per heavy atom. The number of anilines is 1. The minimum absolute atomic E-state index is 0.175. The van der Waals surface area contributed by atoms with E-state index >= 15 is 0 Å². The Morgan fingerprint density at radius 1 is 0.962 bits per heavy atom. The van der Waals surface area contributed by atoms with Crippen LogP contribution in [0.3, 0.4) is 0 Å². The van der Waals surface area contributed by atoms with Crippen molar-refractivity contribution < 1.29 is 17.9 Å². The Morgan fingerprint density at radius 2 is 1.62 bits per heavy atom. The second kappa shape index (κ2) is 7.01. The van der Waals surface area contributed by atoms with E-state index in [-0.39, 0.29) is 10.5 Å². The number of hydrogen-bond donors (Lipinski definition) is 1. The van der Waals surface area contributed by atoms with Gasteiger partial charge in [0.15, 0.2) is 0 Å². The van der Waals surface area contributed by atoms with E-state index in [9.17, 15) is 13.2 Å². The van der Waals surface area contributed by atoms with E-state index < -0.39 is 16.0 Å². The third kappa shape index (κ3) is 3.92. The van der Waals surface area contributed by atoms with Crippen molar-refractivity contribution >= 4 is 32.5 Å². The van der Waals surface area contributed by atoms with E-state index in [1.54, 1.807) is 25.1 Å². The Kier molecular flexibility index (Phi) is 4.77. The van der Waals surface area contributed by atoms with Crippen molar-refractivity contribution in [1.29, 1.82) is 0 Å². The topological polar surface area (TPSA) is 72.5 Å². The average Bonchev–Trinajstić information content (AvgIpc) is 2.62. The van der Waals surface area contributed by atoms with Gasteiger partial charge in [-0.3, -0.25) is 4.72 Å². The van der Waals surface area contributed by atoms with E-state index in [0.29, 0.717) is 11.4 Å². The summed E-state index contributed by atoms with van der Waals surface area (Å²) in [5.74, 6) is -0.221. The van der Waals surface area contributed by atoms with Crippen molar-refractivity contribution in [1.82, 2.24) is 0 Å². The molecule has 0 bridgehead atoms. The molecule has 0 amide bonds. The van der Waals surface area contributed by atoms with Gasteiger partial charge in [0.1, 0.15) is 5.75 Å². The third-order valence-electron chi connectivity index (χ3n) is 3.70. The molecule has 6 heteroatoms. The monoisotopic (exact) mass is 367 g/mol. The van der Waals surface area contributed by atoms with Gasteiger partial charge in [-0.05, 0) is 54.1 Å². The molecular formula is C20H17NO4S. The molecule has 0 aromatic heterocycles. The van der Waals surface area contributed by atoms with E-state index in [1.807, 2.05) is 24.3 Å². The molecule has 132 valence electrons. The highest BCUT2D eigenvalue weighted by Gasteiger charge is 2.15. The lowest BCUT2D eigenvalue weighted by Gasteiger charge is -2.10. The summed E-state index contributed by atoms with van der Waals surface area (Å²) in [5, 5.41) is 1.81. The molecule has 0 aliphatic heterocycles. The number of carbonyl (C=O) groups is 1. The summed E-state index contributed by atoms with van der Waals surface area (Å²) >= 11 is 0. The maximum atomic E-state index is 12.6. The number of esters is 1. The normalized spacial score (nSPS) is 11.1. The van der Waals surface area contributed by atoms with Gasteiger partial charge in [0.25, 0.3) is 10.0 Å². The molecule has 0 radical (unpaired) electrons. The zero-order chi connectivity index (χ0) is 18.7. The lowest BCUT2D eigenvalue weighted by molar-refractivity contribution is -0.130. The van der Waals surface area contributed by atoms with Gasteiger partial charge in [0.2, 0.25) is 0 Å². The fourth-order valence-electron chi connectivity index (χ4n) is 2.33. The van der Waals surface area contributed by atoms with Crippen LogP contribution in [0.1, 0.15) is 6.92 Å². The van der Waals surface area contributed by atoms with Gasteiger partial charge < -0.3 is 4.74 Å². The zero-order valence-corrected chi connectivity index (χ0v) is 14.9. The van der Waals surface area contributed by atoms with Crippen molar-refractivity contribution in [3.63, 3.8) is 0 Å². The number of nitrogens with one attached hydrogen (secondary N) is 1. The molecule has 0 atom stereocenters. The summed E-state index contributed by atoms with van der Waals surface area (Å²) in [6.45, 7) is 5.06. The number of ether oxygens (including phenoxy) is 1. The summed E-state index contributed by atoms with van der Waals surface area (Å²) < 4.78 is 32.8. The standard InChI is InChI=1S/C20H17NO4S/c1-14(2)20(22)25-18-10-8-17(9-11-18)21-26(23,24)19-12-7-15-5-3-4-6-16(15)13-19/h3-13,21H,1H2,2H3. The molecule has 0 heterocycles. The fourth-order valence-corrected chi connectivity index (χ4v) is 3.43. The molecule has 0 saturated carbocycles. The van der Waals surface area contributed by atoms with Crippen molar-refractivity contribution in [3.05, 3.63) is 78.9 Å². The van der Waals surface area contributed by atoms with Crippen molar-refractivity contribution in [3.8, 4) is 5.75 Å². The molecule has 0 unspecified atom stereocenters. The first-order valence-electron chi connectivity index (χ1n) is 7.84. The minimum Gasteiger partial charge on any atom is -0.423 e. The molecule has 0 fully saturated rings. The summed E-state index contributed by atoms with van der Waals surface area (Å²) in [6, 6.07) is 18.6. The number of fused-ring (bicyclic) bond motifs is 1. The van der Waals surface area contributed by atoms with Crippen molar-refractivity contribution in [2.75, 3.05) is 4.72 Å². The summed E-state index contributed by atoms with van der Waals surface area (Å²) in [4.78, 5) is 11.7. The third-order valence-corrected chi connectivity index (χ3v) is 5.08. The molecule has 0 aliphatic rings. The predicted octanol–water partition coefficient (Wildman–Crippen LogP) is 4.12. The molecule has 1 N–H and O–H groups in total. The van der Waals surface area contributed by atoms with Crippen LogP contribution < -0.4 is 9.46 Å². The van der Waals surface area contributed by atoms with E-state index in [4.69, 9.17) is 4.74 Å². The lowest BCUT2D eigenvalue weighted by Crippen LogP contribution is -2.13. The molecule has 0 spiro atoms. The number of hydrogen-bond acceptors (Lipinski definition) is 4. The lowest BCUT2D eigenvalue weighted by atomic mass is 10.1. The van der Waals surface area contributed by atoms with Crippen LogP contribution >= 0.6 is 0 Å². The van der Waals surface area contributed by atoms with Gasteiger partial charge in [0, 0.05) is 11.3 Å². The first kappa shape index (κ1) is 17.7. The quantitative estimate of drug-likeness (QED) is 0.418. The Hall–Kier alpha value is -3.12. The first-order chi connectivity index (χ1) is 12.3. The highest BCUT2D eigenvalue weighted by Crippen LogP contribution is 2.23. The van der Waals surface area contributed by atoms with Crippen molar-refractivity contribution in [2.45, 2.75) is 11.8 Å². The van der Waals surface area contributed by atoms with Crippen LogP contribution in [0.25, 0.3) is 10.8 Å². The molecule has 3 aromatic carbocycles. The van der Waals surface area contributed by atoms with Crippen molar-refractivity contribution in [2.24, 2.45) is 0 Å². The Labute approximate surface area is 152 Å². The van der Waals surface area contributed by atoms with Crippen LogP contribution in [0.5, 0.6) is 5.75 Å². The van der Waals surface area contributed by atoms with Crippen LogP contribution in [-0.2, 0) is 14.8 Å². The average molecular weight is 367 g/mol. The number of benzene rings is 3. The molecular weight excluding hydrogens is 350 g/mol. The molecule has 26 heavy (non-hydrogen) atoms. The first-order valence-corrected chi connectivity index (χ1v) is 9.33. The smallest absolute Gasteiger partial charge is 0.338 e. The van der Waals surface area contributed by atoms with Crippen LogP contribution in [-0.4, -0.2) is 14.4 Å². The van der Waals surface area contributed by atoms with Crippen LogP contribution in [0, 0.1) is 0 Å². The van der Waals surface area contributed by atoms with Gasteiger partial charge in [-0.2, -0.15) is 0 Å². The highest BCUT2D eigenvalue weighted by molar-refractivity contribution is 7.92. The Balaban J connectivity index is 1.80. The Bertz CT molecular complexity index is 1090. The molecule has 3 aromatic rings. The van der Waals surface area contributed by atoms with Crippen LogP contribution in [0.2, 0.25) is 0 Å². The maximum absolute atomic E-state index is 12.6. The second-order valence-electron chi connectivity index (χ2n) is 5.81. The number of rotatable bonds is 5. The van der Waals surface area contributed by atoms with Gasteiger partial charge in [-0.15, -0.1) is 0 Å². The van der Waals surface area contributed by atoms with E-state index in [2.05, 4.69) is 11.3 Å². The molecule has 3 rings (SSSR count). The van der Waals surface area contributed by atoms with E-state index in [1.165, 1.54) is 24.3 Å². The van der Waals surface area contributed by atoms with Crippen LogP contribution in [0.4, 0.5) is 5.69 Å². The molecule has 0 aliphatic carbocycles. The maximum Gasteiger partial charge on any atom is 0.338 e. The van der Waals surface area contributed by atoms with Gasteiger partial charge in [-0.25, -0.2) is 13.2 Å². The zero-order valence-electron chi connectivity index (χ0n) is 14.1. The predicted molar refractivity (Wildman–Crippen MR) is 102 cm³/mol. The summed E-state index contributed by atoms with van der Waals surface area (Å²) in [5.41, 5.74) is 0.652. The molecule has 5 nitrogen and oxygen atoms in total. The van der Waals surface area contributed by atoms with Gasteiger partial charge in [-0.1, -0.05) is 36.9 Å². The molecule has 0 saturated heterocycles. The van der Waals surface area contributed by atoms with Gasteiger partial charge >= 0.3 is 5.97 Å². The fraction of sp³-hybridized carbons (Fsp3) is 0.0500. The number of carbonyl (C=O) groups excluding carboxylic acids is 1. The largest absolute Gasteiger partial charge is 0.423 e. The summed E-state index contributed by atoms with van der Waals surface area (Å²) in [7, 11) is -3.73. The van der Waals surface area contributed by atoms with E-state index in [0.717, 1.165) is 10.8 Å². The highest BCUT2D eigenvalue weighted by atomic mass is 32.2. The SMILES string of the molecule is C=C(C)C(=O)Oc1ccc(NS(=O)(=O)c2ccc3ccccc3c2)cc1. The summed E-state index contributed by atoms with van der Waals surface area (Å²) in [6.07, 6.45) is 0. The van der Waals surface area contributed by atoms with Crippen LogP contribution in [0.15, 0.2) is 83.8 Å². The number of sulfonamides is 1.